The van der Waals surface area contributed by atoms with Crippen molar-refractivity contribution in [2.75, 3.05) is 5.32 Å². The van der Waals surface area contributed by atoms with Crippen LogP contribution in [0, 0.1) is 0 Å². The molecule has 0 atom stereocenters. The van der Waals surface area contributed by atoms with Crippen molar-refractivity contribution in [1.29, 1.82) is 0 Å². The molecular formula is C15H10BrCl2N3O2. The fourth-order valence-corrected chi connectivity index (χ4v) is 2.28. The Hall–Kier alpha value is -1.89. The smallest absolute Gasteiger partial charge is 0.318 e. The molecule has 23 heavy (non-hydrogen) atoms. The van der Waals surface area contributed by atoms with E-state index in [2.05, 4.69) is 31.8 Å². The molecule has 0 aliphatic heterocycles. The van der Waals surface area contributed by atoms with Crippen LogP contribution < -0.4 is 10.7 Å². The van der Waals surface area contributed by atoms with Crippen LogP contribution in [0.2, 0.25) is 10.0 Å². The number of amides is 2. The predicted molar refractivity (Wildman–Crippen MR) is 95.0 cm³/mol. The molecular weight excluding hydrogens is 405 g/mol. The van der Waals surface area contributed by atoms with Gasteiger partial charge < -0.3 is 5.32 Å². The van der Waals surface area contributed by atoms with Crippen LogP contribution in [0.1, 0.15) is 5.56 Å². The number of nitrogens with one attached hydrogen (secondary N) is 2. The molecule has 8 heteroatoms. The summed E-state index contributed by atoms with van der Waals surface area (Å²) in [5.41, 5.74) is 3.27. The molecule has 0 fully saturated rings. The van der Waals surface area contributed by atoms with Crippen molar-refractivity contribution in [1.82, 2.24) is 5.43 Å². The van der Waals surface area contributed by atoms with Crippen LogP contribution in [0.15, 0.2) is 52.0 Å². The Morgan fingerprint density at radius 2 is 1.83 bits per heavy atom. The first-order valence-electron chi connectivity index (χ1n) is 6.31. The molecule has 0 bridgehead atoms. The highest BCUT2D eigenvalue weighted by molar-refractivity contribution is 9.10. The van der Waals surface area contributed by atoms with Gasteiger partial charge in [-0.1, -0.05) is 51.3 Å². The molecule has 118 valence electrons. The fourth-order valence-electron chi connectivity index (χ4n) is 1.56. The van der Waals surface area contributed by atoms with E-state index in [1.807, 2.05) is 18.2 Å². The SMILES string of the molecule is O=C(N/N=C/c1cccc(Br)c1)C(=O)Nc1ccc(Cl)c(Cl)c1. The topological polar surface area (TPSA) is 70.6 Å². The third kappa shape index (κ3) is 5.35. The second-order valence-corrected chi connectivity index (χ2v) is 6.07. The third-order valence-corrected chi connectivity index (χ3v) is 3.84. The van der Waals surface area contributed by atoms with Crippen molar-refractivity contribution in [3.05, 3.63) is 62.5 Å². The van der Waals surface area contributed by atoms with E-state index in [4.69, 9.17) is 23.2 Å². The van der Waals surface area contributed by atoms with Crippen LogP contribution in [-0.4, -0.2) is 18.0 Å². The number of rotatable bonds is 3. The van der Waals surface area contributed by atoms with Crippen molar-refractivity contribution >= 4 is 62.8 Å². The monoisotopic (exact) mass is 413 g/mol. The number of halogens is 3. The Labute approximate surface area is 150 Å². The Bertz CT molecular complexity index is 781. The average Bonchev–Trinajstić information content (AvgIpc) is 2.51. The third-order valence-electron chi connectivity index (χ3n) is 2.61. The van der Waals surface area contributed by atoms with Crippen LogP contribution in [0.25, 0.3) is 0 Å². The second kappa shape index (κ2) is 8.10. The molecule has 0 aliphatic rings. The largest absolute Gasteiger partial charge is 0.329 e. The first-order valence-corrected chi connectivity index (χ1v) is 7.85. The van der Waals surface area contributed by atoms with Gasteiger partial charge in [-0.25, -0.2) is 5.43 Å². The number of carbonyl (C=O) groups excluding carboxylic acids is 2. The quantitative estimate of drug-likeness (QED) is 0.455. The van der Waals surface area contributed by atoms with Gasteiger partial charge in [-0.2, -0.15) is 5.10 Å². The number of benzene rings is 2. The molecule has 0 unspecified atom stereocenters. The van der Waals surface area contributed by atoms with Crippen LogP contribution in [0.5, 0.6) is 0 Å². The first-order chi connectivity index (χ1) is 11.0. The highest BCUT2D eigenvalue weighted by Crippen LogP contribution is 2.24. The van der Waals surface area contributed by atoms with Gasteiger partial charge in [0.1, 0.15) is 0 Å². The van der Waals surface area contributed by atoms with Gasteiger partial charge >= 0.3 is 11.8 Å². The van der Waals surface area contributed by atoms with E-state index < -0.39 is 11.8 Å². The molecule has 0 heterocycles. The standard InChI is InChI=1S/C15H10BrCl2N3O2/c16-10-3-1-2-9(6-10)8-19-21-15(23)14(22)20-11-4-5-12(17)13(18)7-11/h1-8H,(H,20,22)(H,21,23)/b19-8+. The van der Waals surface area contributed by atoms with E-state index in [1.165, 1.54) is 24.4 Å². The predicted octanol–water partition coefficient (Wildman–Crippen LogP) is 3.84. The van der Waals surface area contributed by atoms with Gasteiger partial charge in [0.15, 0.2) is 0 Å². The Morgan fingerprint density at radius 3 is 2.52 bits per heavy atom. The van der Waals surface area contributed by atoms with Gasteiger partial charge in [0.2, 0.25) is 0 Å². The van der Waals surface area contributed by atoms with Crippen LogP contribution in [0.4, 0.5) is 5.69 Å². The minimum absolute atomic E-state index is 0.276. The summed E-state index contributed by atoms with van der Waals surface area (Å²) in [5.74, 6) is -1.77. The lowest BCUT2D eigenvalue weighted by Crippen LogP contribution is -2.32. The van der Waals surface area contributed by atoms with Crippen molar-refractivity contribution in [2.45, 2.75) is 0 Å². The minimum atomic E-state index is -0.901. The fraction of sp³-hybridized carbons (Fsp3) is 0. The Balaban J connectivity index is 1.92. The summed E-state index contributed by atoms with van der Waals surface area (Å²) in [6.07, 6.45) is 1.43. The van der Waals surface area contributed by atoms with Gasteiger partial charge in [-0.05, 0) is 35.9 Å². The van der Waals surface area contributed by atoms with Crippen LogP contribution in [-0.2, 0) is 9.59 Å². The van der Waals surface area contributed by atoms with E-state index >= 15 is 0 Å². The Kier molecular flexibility index (Phi) is 6.15. The number of hydrazone groups is 1. The molecule has 5 nitrogen and oxygen atoms in total. The normalized spacial score (nSPS) is 10.6. The highest BCUT2D eigenvalue weighted by Gasteiger charge is 2.13. The molecule has 2 N–H and O–H groups in total. The molecule has 0 saturated heterocycles. The number of hydrogen-bond acceptors (Lipinski definition) is 3. The van der Waals surface area contributed by atoms with Crippen molar-refractivity contribution < 1.29 is 9.59 Å². The highest BCUT2D eigenvalue weighted by atomic mass is 79.9. The second-order valence-electron chi connectivity index (χ2n) is 4.34. The van der Waals surface area contributed by atoms with Crippen molar-refractivity contribution in [3.63, 3.8) is 0 Å². The summed E-state index contributed by atoms with van der Waals surface area (Å²) in [6, 6.07) is 11.8. The molecule has 2 aromatic rings. The minimum Gasteiger partial charge on any atom is -0.318 e. The van der Waals surface area contributed by atoms with Crippen LogP contribution in [0.3, 0.4) is 0 Å². The van der Waals surface area contributed by atoms with Gasteiger partial charge in [0.05, 0.1) is 16.3 Å². The molecule has 2 aromatic carbocycles. The van der Waals surface area contributed by atoms with E-state index in [1.54, 1.807) is 6.07 Å². The average molecular weight is 415 g/mol. The lowest BCUT2D eigenvalue weighted by Gasteiger charge is -2.05. The van der Waals surface area contributed by atoms with Gasteiger partial charge in [-0.15, -0.1) is 0 Å². The molecule has 0 saturated carbocycles. The zero-order valence-corrected chi connectivity index (χ0v) is 14.6. The number of hydrogen-bond donors (Lipinski definition) is 2. The summed E-state index contributed by atoms with van der Waals surface area (Å²) in [6.45, 7) is 0. The van der Waals surface area contributed by atoms with E-state index in [-0.39, 0.29) is 5.02 Å². The van der Waals surface area contributed by atoms with Gasteiger partial charge in [0, 0.05) is 10.2 Å². The molecule has 0 aliphatic carbocycles. The summed E-state index contributed by atoms with van der Waals surface area (Å²) < 4.78 is 0.880. The lowest BCUT2D eigenvalue weighted by molar-refractivity contribution is -0.136. The summed E-state index contributed by atoms with van der Waals surface area (Å²) in [7, 11) is 0. The maximum atomic E-state index is 11.7. The lowest BCUT2D eigenvalue weighted by atomic mass is 10.2. The first kappa shape index (κ1) is 17.5. The van der Waals surface area contributed by atoms with Gasteiger partial charge in [-0.3, -0.25) is 9.59 Å². The maximum absolute atomic E-state index is 11.7. The molecule has 0 radical (unpaired) electrons. The molecule has 0 aromatic heterocycles. The maximum Gasteiger partial charge on any atom is 0.329 e. The molecule has 2 amide bonds. The zero-order chi connectivity index (χ0) is 16.8. The summed E-state index contributed by atoms with van der Waals surface area (Å²) >= 11 is 14.9. The van der Waals surface area contributed by atoms with E-state index in [0.29, 0.717) is 10.7 Å². The van der Waals surface area contributed by atoms with Crippen LogP contribution >= 0.6 is 39.1 Å². The number of carbonyl (C=O) groups is 2. The van der Waals surface area contributed by atoms with E-state index in [0.717, 1.165) is 10.0 Å². The molecule has 2 rings (SSSR count). The number of anilines is 1. The van der Waals surface area contributed by atoms with E-state index in [9.17, 15) is 9.59 Å². The Morgan fingerprint density at radius 1 is 1.04 bits per heavy atom. The zero-order valence-electron chi connectivity index (χ0n) is 11.5. The van der Waals surface area contributed by atoms with Crippen molar-refractivity contribution in [2.24, 2.45) is 5.10 Å². The number of nitrogens with zero attached hydrogens (tertiary/aromatic N) is 1. The molecule has 0 spiro atoms. The summed E-state index contributed by atoms with van der Waals surface area (Å²) in [4.78, 5) is 23.4. The van der Waals surface area contributed by atoms with Crippen molar-refractivity contribution in [3.8, 4) is 0 Å². The van der Waals surface area contributed by atoms with Gasteiger partial charge in [0.25, 0.3) is 0 Å². The summed E-state index contributed by atoms with van der Waals surface area (Å²) in [5, 5.41) is 6.75.